The van der Waals surface area contributed by atoms with E-state index >= 15 is 0 Å². The third-order valence-electron chi connectivity index (χ3n) is 5.88. The zero-order valence-corrected chi connectivity index (χ0v) is 11.5. The Hall–Kier alpha value is -0.710. The van der Waals surface area contributed by atoms with Gasteiger partial charge in [-0.3, -0.25) is 4.79 Å². The Bertz CT molecular complexity index is 455. The van der Waals surface area contributed by atoms with Crippen molar-refractivity contribution in [1.82, 2.24) is 0 Å². The molecule has 106 valence electrons. The molecule has 0 aromatic rings. The Morgan fingerprint density at radius 2 is 1.95 bits per heavy atom. The van der Waals surface area contributed by atoms with Crippen LogP contribution in [0.15, 0.2) is 12.2 Å². The minimum Gasteiger partial charge on any atom is -0.390 e. The van der Waals surface area contributed by atoms with Crippen LogP contribution >= 0.6 is 0 Å². The second kappa shape index (κ2) is 3.68. The van der Waals surface area contributed by atoms with Crippen LogP contribution < -0.4 is 0 Å². The summed E-state index contributed by atoms with van der Waals surface area (Å²) in [5, 5.41) is 31.8. The van der Waals surface area contributed by atoms with E-state index in [4.69, 9.17) is 0 Å². The third kappa shape index (κ3) is 1.42. The first-order chi connectivity index (χ1) is 8.71. The number of hydrogen-bond donors (Lipinski definition) is 3. The average molecular weight is 266 g/mol. The molecule has 7 atom stereocenters. The van der Waals surface area contributed by atoms with E-state index in [-0.39, 0.29) is 23.2 Å². The van der Waals surface area contributed by atoms with Crippen molar-refractivity contribution in [3.63, 3.8) is 0 Å². The first-order valence-electron chi connectivity index (χ1n) is 7.06. The molecule has 0 aromatic heterocycles. The molecule has 0 heterocycles. The number of carbonyl (C=O) groups is 1. The Kier molecular flexibility index (Phi) is 2.58. The van der Waals surface area contributed by atoms with Gasteiger partial charge in [-0.25, -0.2) is 0 Å². The van der Waals surface area contributed by atoms with E-state index in [0.717, 1.165) is 6.42 Å². The van der Waals surface area contributed by atoms with Gasteiger partial charge in [0.25, 0.3) is 0 Å². The lowest BCUT2D eigenvalue weighted by atomic mass is 9.55. The summed E-state index contributed by atoms with van der Waals surface area (Å²) in [4.78, 5) is 12.3. The van der Waals surface area contributed by atoms with Crippen LogP contribution in [0.1, 0.15) is 33.1 Å². The van der Waals surface area contributed by atoms with E-state index in [0.29, 0.717) is 12.8 Å². The second-order valence-corrected chi connectivity index (χ2v) is 6.95. The third-order valence-corrected chi connectivity index (χ3v) is 5.88. The van der Waals surface area contributed by atoms with E-state index in [1.54, 1.807) is 6.92 Å². The lowest BCUT2D eigenvalue weighted by Crippen LogP contribution is -2.59. The smallest absolute Gasteiger partial charge is 0.169 e. The molecule has 4 nitrogen and oxygen atoms in total. The molecule has 3 fully saturated rings. The molecule has 19 heavy (non-hydrogen) atoms. The number of aliphatic hydroxyl groups is 3. The summed E-state index contributed by atoms with van der Waals surface area (Å²) in [7, 11) is 0. The lowest BCUT2D eigenvalue weighted by Gasteiger charge is -2.51. The average Bonchev–Trinajstić information content (AvgIpc) is 2.52. The maximum atomic E-state index is 12.3. The zero-order valence-electron chi connectivity index (χ0n) is 11.5. The van der Waals surface area contributed by atoms with Crippen LogP contribution in [0.2, 0.25) is 0 Å². The maximum Gasteiger partial charge on any atom is 0.169 e. The molecule has 0 bridgehead atoms. The molecule has 3 N–H and O–H groups in total. The van der Waals surface area contributed by atoms with Gasteiger partial charge >= 0.3 is 0 Å². The maximum absolute atomic E-state index is 12.3. The van der Waals surface area contributed by atoms with Crippen molar-refractivity contribution < 1.29 is 20.1 Å². The number of aliphatic hydroxyl groups excluding tert-OH is 1. The molecule has 0 radical (unpaired) electrons. The molecule has 1 unspecified atom stereocenters. The molecule has 0 spiro atoms. The van der Waals surface area contributed by atoms with Gasteiger partial charge in [-0.05, 0) is 37.2 Å². The molecule has 3 aliphatic carbocycles. The molecule has 4 heteroatoms. The molecule has 3 rings (SSSR count). The predicted molar refractivity (Wildman–Crippen MR) is 69.2 cm³/mol. The zero-order chi connectivity index (χ0) is 14.2. The highest BCUT2D eigenvalue weighted by atomic mass is 16.3. The molecule has 0 saturated heterocycles. The van der Waals surface area contributed by atoms with Crippen LogP contribution in [0, 0.1) is 23.7 Å². The van der Waals surface area contributed by atoms with E-state index in [9.17, 15) is 20.1 Å². The van der Waals surface area contributed by atoms with Crippen molar-refractivity contribution in [3.05, 3.63) is 12.2 Å². The van der Waals surface area contributed by atoms with Gasteiger partial charge in [-0.1, -0.05) is 13.5 Å². The number of ketones is 1. The van der Waals surface area contributed by atoms with E-state index in [1.807, 2.05) is 6.92 Å². The highest BCUT2D eigenvalue weighted by molar-refractivity contribution is 5.93. The van der Waals surface area contributed by atoms with Crippen molar-refractivity contribution >= 4 is 5.78 Å². The van der Waals surface area contributed by atoms with Crippen LogP contribution in [-0.4, -0.2) is 38.4 Å². The largest absolute Gasteiger partial charge is 0.390 e. The van der Waals surface area contributed by atoms with Gasteiger partial charge in [0, 0.05) is 18.3 Å². The quantitative estimate of drug-likeness (QED) is 0.563. The Morgan fingerprint density at radius 1 is 1.32 bits per heavy atom. The normalized spacial score (nSPS) is 57.2. The summed E-state index contributed by atoms with van der Waals surface area (Å²) in [6.45, 7) is 7.48. The summed E-state index contributed by atoms with van der Waals surface area (Å²) in [6.07, 6.45) is 0.711. The SMILES string of the molecule is C=C1[C@H](O)[C@@H]2C3[C@H](CC[C@@]2(C)O)[C@H](C)CC(=O)[C@@]13O. The van der Waals surface area contributed by atoms with Crippen LogP contribution in [0.4, 0.5) is 0 Å². The van der Waals surface area contributed by atoms with E-state index in [1.165, 1.54) is 0 Å². The van der Waals surface area contributed by atoms with Crippen molar-refractivity contribution in [2.24, 2.45) is 23.7 Å². The lowest BCUT2D eigenvalue weighted by molar-refractivity contribution is -0.169. The molecule has 0 amide bonds. The van der Waals surface area contributed by atoms with Gasteiger partial charge in [-0.2, -0.15) is 0 Å². The Morgan fingerprint density at radius 3 is 2.58 bits per heavy atom. The van der Waals surface area contributed by atoms with Gasteiger partial charge in [-0.15, -0.1) is 0 Å². The van der Waals surface area contributed by atoms with Gasteiger partial charge in [0.05, 0.1) is 11.7 Å². The summed E-state index contributed by atoms with van der Waals surface area (Å²) < 4.78 is 0. The predicted octanol–water partition coefficient (Wildman–Crippen LogP) is 0.650. The second-order valence-electron chi connectivity index (χ2n) is 6.95. The Balaban J connectivity index is 2.15. The van der Waals surface area contributed by atoms with E-state index < -0.39 is 29.1 Å². The highest BCUT2D eigenvalue weighted by Gasteiger charge is 2.69. The summed E-state index contributed by atoms with van der Waals surface area (Å²) in [5.74, 6) is -0.771. The van der Waals surface area contributed by atoms with Gasteiger partial charge in [0.2, 0.25) is 0 Å². The number of carbonyl (C=O) groups excluding carboxylic acids is 1. The van der Waals surface area contributed by atoms with Crippen molar-refractivity contribution in [2.75, 3.05) is 0 Å². The van der Waals surface area contributed by atoms with Crippen molar-refractivity contribution in [3.8, 4) is 0 Å². The first kappa shape index (κ1) is 13.3. The number of Topliss-reactive ketones (excluding diaryl/α,β-unsaturated/α-hetero) is 1. The summed E-state index contributed by atoms with van der Waals surface area (Å²) in [5.41, 5.74) is -2.50. The minimum absolute atomic E-state index is 0.168. The van der Waals surface area contributed by atoms with Crippen molar-refractivity contribution in [1.29, 1.82) is 0 Å². The van der Waals surface area contributed by atoms with Gasteiger partial charge in [0.1, 0.15) is 5.60 Å². The molecule has 0 aliphatic heterocycles. The van der Waals surface area contributed by atoms with Crippen LogP contribution in [0.3, 0.4) is 0 Å². The van der Waals surface area contributed by atoms with Crippen LogP contribution in [0.25, 0.3) is 0 Å². The molecule has 0 aromatic carbocycles. The molecular weight excluding hydrogens is 244 g/mol. The van der Waals surface area contributed by atoms with Gasteiger partial charge in [0.15, 0.2) is 5.78 Å². The molecule has 3 aliphatic rings. The fourth-order valence-electron chi connectivity index (χ4n) is 4.82. The summed E-state index contributed by atoms with van der Waals surface area (Å²) in [6, 6.07) is 0. The molecule has 3 saturated carbocycles. The minimum atomic E-state index is -1.63. The number of hydrogen-bond acceptors (Lipinski definition) is 4. The molecular formula is C15H22O4. The van der Waals surface area contributed by atoms with Crippen LogP contribution in [0.5, 0.6) is 0 Å². The monoisotopic (exact) mass is 266 g/mol. The standard InChI is InChI=1S/C15H22O4/c1-7-6-10(16)15(19)8(2)13(17)12-11(15)9(7)4-5-14(12,3)18/h7,9,11-13,17-19H,2,4-6H2,1,3H3/t7-,9-,11?,12+,13+,14-,15+/m1/s1. The first-order valence-corrected chi connectivity index (χ1v) is 7.06. The van der Waals surface area contributed by atoms with E-state index in [2.05, 4.69) is 6.58 Å². The van der Waals surface area contributed by atoms with Crippen LogP contribution in [-0.2, 0) is 4.79 Å². The van der Waals surface area contributed by atoms with Gasteiger partial charge < -0.3 is 15.3 Å². The summed E-state index contributed by atoms with van der Waals surface area (Å²) >= 11 is 0. The van der Waals surface area contributed by atoms with Crippen molar-refractivity contribution in [2.45, 2.75) is 50.4 Å². The Labute approximate surface area is 113 Å². The topological polar surface area (TPSA) is 77.8 Å². The highest BCUT2D eigenvalue weighted by Crippen LogP contribution is 2.61. The fourth-order valence-corrected chi connectivity index (χ4v) is 4.82. The fraction of sp³-hybridized carbons (Fsp3) is 0.800. The number of rotatable bonds is 0.